The zero-order chi connectivity index (χ0) is 11.9. The Hall–Kier alpha value is -2.62. The first-order chi connectivity index (χ1) is 8.92. The van der Waals surface area contributed by atoms with Crippen molar-refractivity contribution in [2.75, 3.05) is 0 Å². The molecule has 0 atom stereocenters. The molecule has 2 aromatic heterocycles. The number of allylic oxidation sites excluding steroid dienone is 1. The molecule has 0 radical (unpaired) electrons. The van der Waals surface area contributed by atoms with Gasteiger partial charge in [-0.1, -0.05) is 11.2 Å². The zero-order valence-corrected chi connectivity index (χ0v) is 9.42. The lowest BCUT2D eigenvalue weighted by molar-refractivity contribution is 0.254. The van der Waals surface area contributed by atoms with E-state index in [-0.39, 0.29) is 0 Å². The molecule has 0 aliphatic carbocycles. The first-order valence-electron chi connectivity index (χ1n) is 5.69. The molecule has 3 aromatic rings. The first kappa shape index (κ1) is 9.41. The van der Waals surface area contributed by atoms with E-state index in [9.17, 15) is 0 Å². The lowest BCUT2D eigenvalue weighted by Crippen LogP contribution is -2.27. The van der Waals surface area contributed by atoms with Gasteiger partial charge in [-0.3, -0.25) is 4.98 Å². The molecule has 18 heavy (non-hydrogen) atoms. The summed E-state index contributed by atoms with van der Waals surface area (Å²) in [5, 5.41) is 7.95. The summed E-state index contributed by atoms with van der Waals surface area (Å²) in [6, 6.07) is 8.12. The highest BCUT2D eigenvalue weighted by molar-refractivity contribution is 6.03. The van der Waals surface area contributed by atoms with E-state index in [4.69, 9.17) is 4.84 Å². The van der Waals surface area contributed by atoms with Gasteiger partial charge in [0.15, 0.2) is 0 Å². The van der Waals surface area contributed by atoms with Gasteiger partial charge in [-0.25, -0.2) is 0 Å². The topological polar surface area (TPSA) is 50.3 Å². The van der Waals surface area contributed by atoms with E-state index in [1.54, 1.807) is 6.26 Å². The fourth-order valence-electron chi connectivity index (χ4n) is 2.23. The molecule has 1 aromatic carbocycles. The number of aromatic amines is 1. The second-order valence-electron chi connectivity index (χ2n) is 4.17. The highest BCUT2D eigenvalue weighted by Crippen LogP contribution is 2.20. The maximum absolute atomic E-state index is 5.04. The molecule has 4 heteroatoms. The minimum atomic E-state index is 0.781. The molecule has 1 aliphatic rings. The van der Waals surface area contributed by atoms with E-state index in [1.165, 1.54) is 0 Å². The van der Waals surface area contributed by atoms with Crippen LogP contribution in [0.25, 0.3) is 27.9 Å². The third-order valence-electron chi connectivity index (χ3n) is 3.09. The van der Waals surface area contributed by atoms with Crippen molar-refractivity contribution in [1.82, 2.24) is 9.97 Å². The quantitative estimate of drug-likeness (QED) is 0.643. The summed E-state index contributed by atoms with van der Waals surface area (Å²) in [5.41, 5.74) is 2.03. The van der Waals surface area contributed by atoms with Crippen LogP contribution >= 0.6 is 0 Å². The van der Waals surface area contributed by atoms with E-state index < -0.39 is 0 Å². The van der Waals surface area contributed by atoms with E-state index in [0.717, 1.165) is 32.5 Å². The average Bonchev–Trinajstić information content (AvgIpc) is 2.76. The molecule has 0 saturated heterocycles. The number of fused-ring (bicyclic) bond motifs is 4. The number of benzene rings is 1. The number of pyridine rings is 1. The minimum absolute atomic E-state index is 0.781. The van der Waals surface area contributed by atoms with Gasteiger partial charge >= 0.3 is 0 Å². The van der Waals surface area contributed by atoms with Crippen molar-refractivity contribution in [2.24, 2.45) is 5.16 Å². The van der Waals surface area contributed by atoms with Crippen LogP contribution in [0.5, 0.6) is 0 Å². The summed E-state index contributed by atoms with van der Waals surface area (Å²) in [4.78, 5) is 12.8. The van der Waals surface area contributed by atoms with Crippen LogP contribution < -0.4 is 10.7 Å². The number of aromatic nitrogens is 2. The molecule has 0 amide bonds. The van der Waals surface area contributed by atoms with Gasteiger partial charge in [-0.2, -0.15) is 0 Å². The predicted molar refractivity (Wildman–Crippen MR) is 69.1 cm³/mol. The summed E-state index contributed by atoms with van der Waals surface area (Å²) >= 11 is 0. The van der Waals surface area contributed by atoms with Crippen LogP contribution in [-0.4, -0.2) is 9.97 Å². The van der Waals surface area contributed by atoms with Crippen molar-refractivity contribution in [3.8, 4) is 0 Å². The fourth-order valence-corrected chi connectivity index (χ4v) is 2.23. The van der Waals surface area contributed by atoms with Crippen LogP contribution in [0.2, 0.25) is 0 Å². The SMILES string of the molecule is C1=CON=c2cc3c(ccc4ccnc43)[nH]c2=C1. The molecular formula is C14H9N3O. The third kappa shape index (κ3) is 1.26. The van der Waals surface area contributed by atoms with Crippen LogP contribution in [0.1, 0.15) is 0 Å². The number of hydrogen-bond acceptors (Lipinski definition) is 3. The molecule has 0 fully saturated rings. The summed E-state index contributed by atoms with van der Waals surface area (Å²) in [6.07, 6.45) is 7.12. The lowest BCUT2D eigenvalue weighted by Gasteiger charge is -2.00. The molecule has 3 heterocycles. The summed E-state index contributed by atoms with van der Waals surface area (Å²) in [7, 11) is 0. The maximum Gasteiger partial charge on any atom is 0.127 e. The molecule has 0 saturated carbocycles. The molecule has 86 valence electrons. The molecule has 1 N–H and O–H groups in total. The Balaban J connectivity index is 2.25. The fraction of sp³-hybridized carbons (Fsp3) is 0. The van der Waals surface area contributed by atoms with Gasteiger partial charge in [0, 0.05) is 22.5 Å². The van der Waals surface area contributed by atoms with Gasteiger partial charge in [0.25, 0.3) is 0 Å². The van der Waals surface area contributed by atoms with Crippen LogP contribution in [0, 0.1) is 0 Å². The number of nitrogens with zero attached hydrogens (tertiary/aromatic N) is 2. The van der Waals surface area contributed by atoms with E-state index in [2.05, 4.69) is 27.3 Å². The molecule has 0 bridgehead atoms. The Bertz CT molecular complexity index is 906. The Kier molecular flexibility index (Phi) is 1.80. The Morgan fingerprint density at radius 1 is 1.17 bits per heavy atom. The van der Waals surface area contributed by atoms with E-state index >= 15 is 0 Å². The van der Waals surface area contributed by atoms with Gasteiger partial charge in [-0.05, 0) is 30.4 Å². The van der Waals surface area contributed by atoms with Crippen molar-refractivity contribution in [3.63, 3.8) is 0 Å². The number of H-pyrrole nitrogens is 1. The Morgan fingerprint density at radius 3 is 3.17 bits per heavy atom. The smallest absolute Gasteiger partial charge is 0.127 e. The molecule has 1 aliphatic heterocycles. The highest BCUT2D eigenvalue weighted by atomic mass is 16.6. The molecule has 0 unspecified atom stereocenters. The van der Waals surface area contributed by atoms with Crippen LogP contribution in [-0.2, 0) is 4.84 Å². The van der Waals surface area contributed by atoms with Gasteiger partial charge in [-0.15, -0.1) is 0 Å². The number of hydrogen-bond donors (Lipinski definition) is 1. The summed E-state index contributed by atoms with van der Waals surface area (Å²) < 4.78 is 0. The normalized spacial score (nSPS) is 13.6. The largest absolute Gasteiger partial charge is 0.364 e. The number of rotatable bonds is 0. The lowest BCUT2D eigenvalue weighted by atomic mass is 10.1. The predicted octanol–water partition coefficient (Wildman–Crippen LogP) is 1.58. The van der Waals surface area contributed by atoms with Gasteiger partial charge in [0.2, 0.25) is 0 Å². The van der Waals surface area contributed by atoms with Crippen LogP contribution in [0.3, 0.4) is 0 Å². The van der Waals surface area contributed by atoms with Crippen molar-refractivity contribution in [2.45, 2.75) is 0 Å². The molecular weight excluding hydrogens is 226 g/mol. The second kappa shape index (κ2) is 3.43. The van der Waals surface area contributed by atoms with Crippen molar-refractivity contribution in [3.05, 3.63) is 53.5 Å². The van der Waals surface area contributed by atoms with Gasteiger partial charge in [0.05, 0.1) is 10.9 Å². The van der Waals surface area contributed by atoms with E-state index in [1.807, 2.05) is 30.5 Å². The minimum Gasteiger partial charge on any atom is -0.364 e. The van der Waals surface area contributed by atoms with Gasteiger partial charge in [0.1, 0.15) is 11.6 Å². The Morgan fingerprint density at radius 2 is 2.17 bits per heavy atom. The van der Waals surface area contributed by atoms with Crippen LogP contribution in [0.4, 0.5) is 0 Å². The van der Waals surface area contributed by atoms with Crippen molar-refractivity contribution in [1.29, 1.82) is 0 Å². The zero-order valence-electron chi connectivity index (χ0n) is 9.42. The third-order valence-corrected chi connectivity index (χ3v) is 3.09. The Labute approximate surface area is 102 Å². The van der Waals surface area contributed by atoms with Crippen molar-refractivity contribution >= 4 is 27.9 Å². The highest BCUT2D eigenvalue weighted by Gasteiger charge is 2.04. The molecule has 4 rings (SSSR count). The summed E-state index contributed by atoms with van der Waals surface area (Å²) in [6.45, 7) is 0. The summed E-state index contributed by atoms with van der Waals surface area (Å²) in [5.74, 6) is 0. The number of nitrogens with one attached hydrogen (secondary N) is 1. The van der Waals surface area contributed by atoms with Crippen LogP contribution in [0.15, 0.2) is 48.0 Å². The average molecular weight is 235 g/mol. The van der Waals surface area contributed by atoms with Crippen molar-refractivity contribution < 1.29 is 4.84 Å². The van der Waals surface area contributed by atoms with E-state index in [0.29, 0.717) is 0 Å². The first-order valence-corrected chi connectivity index (χ1v) is 5.69. The molecule has 0 spiro atoms. The standard InChI is InChI=1S/C14H9N3O/c1-2-12-13(17-18-7-1)8-10-11(16-12)4-3-9-5-6-15-14(9)10/h1-8,16H. The molecule has 4 nitrogen and oxygen atoms in total. The second-order valence-corrected chi connectivity index (χ2v) is 4.17. The van der Waals surface area contributed by atoms with Gasteiger partial charge < -0.3 is 9.82 Å². The monoisotopic (exact) mass is 235 g/mol. The maximum atomic E-state index is 5.04.